The van der Waals surface area contributed by atoms with Gasteiger partial charge in [-0.05, 0) is 42.2 Å². The summed E-state index contributed by atoms with van der Waals surface area (Å²) in [6, 6.07) is 20.9. The van der Waals surface area contributed by atoms with Crippen molar-refractivity contribution in [1.82, 2.24) is 4.31 Å². The third-order valence-electron chi connectivity index (χ3n) is 6.87. The van der Waals surface area contributed by atoms with Crippen molar-refractivity contribution in [3.8, 4) is 0 Å². The minimum atomic E-state index is -4.66. The molecule has 35 heavy (non-hydrogen) atoms. The Kier molecular flexibility index (Phi) is 5.82. The molecule has 2 unspecified atom stereocenters. The largest absolute Gasteiger partial charge is 0.593 e. The Morgan fingerprint density at radius 3 is 2.43 bits per heavy atom. The Morgan fingerprint density at radius 1 is 0.971 bits per heavy atom. The van der Waals surface area contributed by atoms with Crippen LogP contribution in [-0.2, 0) is 37.4 Å². The molecule has 0 N–H and O–H groups in total. The van der Waals surface area contributed by atoms with Gasteiger partial charge >= 0.3 is 6.18 Å². The van der Waals surface area contributed by atoms with Crippen molar-refractivity contribution < 1.29 is 26.7 Å². The lowest BCUT2D eigenvalue weighted by Crippen LogP contribution is -2.44. The average Bonchev–Trinajstić information content (AvgIpc) is 3.40. The van der Waals surface area contributed by atoms with Gasteiger partial charge in [-0.1, -0.05) is 58.8 Å². The van der Waals surface area contributed by atoms with Crippen LogP contribution in [0.1, 0.15) is 23.1 Å². The molecule has 0 radical (unpaired) electrons. The molecule has 5 nitrogen and oxygen atoms in total. The molecule has 0 aliphatic carbocycles. The fourth-order valence-corrected chi connectivity index (χ4v) is 6.61. The number of para-hydroxylation sites is 1. The second-order valence-electron chi connectivity index (χ2n) is 8.91. The molecule has 5 rings (SSSR count). The number of nitrogens with zero attached hydrogens (tertiary/aromatic N) is 2. The Hall–Kier alpha value is -3.01. The highest BCUT2D eigenvalue weighted by Crippen LogP contribution is 2.49. The molecular formula is C26H23F3N2O3S. The summed E-state index contributed by atoms with van der Waals surface area (Å²) in [5.74, 6) is -0.170. The zero-order valence-electron chi connectivity index (χ0n) is 18.7. The lowest BCUT2D eigenvalue weighted by molar-refractivity contribution is -0.137. The second-order valence-corrected chi connectivity index (χ2v) is 10.8. The summed E-state index contributed by atoms with van der Waals surface area (Å²) in [6.07, 6.45) is -3.75. The summed E-state index contributed by atoms with van der Waals surface area (Å²) in [6.45, 7) is 0.385. The molecule has 1 spiro atoms. The van der Waals surface area contributed by atoms with E-state index < -0.39 is 32.4 Å². The van der Waals surface area contributed by atoms with Crippen LogP contribution in [0, 0.1) is 0 Å². The van der Waals surface area contributed by atoms with Crippen LogP contribution in [0.2, 0.25) is 0 Å². The van der Waals surface area contributed by atoms with Crippen molar-refractivity contribution in [2.24, 2.45) is 0 Å². The first-order chi connectivity index (χ1) is 16.6. The van der Waals surface area contributed by atoms with Gasteiger partial charge in [0.15, 0.2) is 15.3 Å². The number of carbonyl (C=O) groups excluding carboxylic acids is 1. The summed E-state index contributed by atoms with van der Waals surface area (Å²) in [5, 5.41) is 0. The van der Waals surface area contributed by atoms with E-state index in [1.165, 1.54) is 0 Å². The van der Waals surface area contributed by atoms with E-state index in [9.17, 15) is 26.7 Å². The molecule has 2 aliphatic rings. The van der Waals surface area contributed by atoms with E-state index in [0.29, 0.717) is 19.0 Å². The second kappa shape index (κ2) is 8.58. The monoisotopic (exact) mass is 500 g/mol. The van der Waals surface area contributed by atoms with E-state index in [2.05, 4.69) is 0 Å². The molecule has 1 amide bonds. The lowest BCUT2D eigenvalue weighted by atomic mass is 9.81. The summed E-state index contributed by atoms with van der Waals surface area (Å²) in [5.41, 5.74) is 0.523. The Labute approximate surface area is 202 Å². The third kappa shape index (κ3) is 4.07. The van der Waals surface area contributed by atoms with Crippen LogP contribution >= 0.6 is 0 Å². The van der Waals surface area contributed by atoms with Gasteiger partial charge in [0.2, 0.25) is 5.91 Å². The molecule has 3 aromatic carbocycles. The van der Waals surface area contributed by atoms with E-state index in [4.69, 9.17) is 0 Å². The van der Waals surface area contributed by atoms with Gasteiger partial charge in [-0.25, -0.2) is 0 Å². The number of carbonyl (C=O) groups is 1. The van der Waals surface area contributed by atoms with Crippen molar-refractivity contribution in [2.45, 2.75) is 29.3 Å². The quantitative estimate of drug-likeness (QED) is 0.471. The number of rotatable bonds is 5. The van der Waals surface area contributed by atoms with Crippen molar-refractivity contribution in [2.75, 3.05) is 24.5 Å². The minimum Gasteiger partial charge on any atom is -0.593 e. The number of alkyl halides is 3. The number of fused-ring (bicyclic) bond motifs is 2. The number of hydrogen-bond donors (Lipinski definition) is 0. The van der Waals surface area contributed by atoms with E-state index in [0.717, 1.165) is 39.3 Å². The van der Waals surface area contributed by atoms with Crippen molar-refractivity contribution in [3.63, 3.8) is 0 Å². The highest BCUT2D eigenvalue weighted by molar-refractivity contribution is 7.95. The number of anilines is 1. The maximum atomic E-state index is 13.8. The Balaban J connectivity index is 1.44. The van der Waals surface area contributed by atoms with Crippen molar-refractivity contribution in [1.29, 1.82) is 0 Å². The highest BCUT2D eigenvalue weighted by Gasteiger charge is 2.57. The SMILES string of the molecule is O=C1N(CCc2ccccc2)c2ccccc2C12CCN([S+](=O)([O-])c1cccc(C(F)(F)F)c1)C2. The van der Waals surface area contributed by atoms with Gasteiger partial charge in [-0.3, -0.25) is 4.79 Å². The maximum absolute atomic E-state index is 13.8. The summed E-state index contributed by atoms with van der Waals surface area (Å²) in [7, 11) is -4.22. The molecule has 1 saturated heterocycles. The van der Waals surface area contributed by atoms with Crippen LogP contribution in [0.3, 0.4) is 0 Å². The number of halogens is 3. The highest BCUT2D eigenvalue weighted by atomic mass is 32.3. The van der Waals surface area contributed by atoms with Gasteiger partial charge in [0.05, 0.1) is 17.5 Å². The van der Waals surface area contributed by atoms with Gasteiger partial charge in [0.25, 0.3) is 0 Å². The van der Waals surface area contributed by atoms with E-state index >= 15 is 0 Å². The van der Waals surface area contributed by atoms with Crippen molar-refractivity contribution >= 4 is 22.0 Å². The molecule has 0 saturated carbocycles. The number of hydrogen-bond acceptors (Lipinski definition) is 3. The van der Waals surface area contributed by atoms with E-state index in [1.807, 2.05) is 54.6 Å². The number of amides is 1. The number of sulfonamides is 1. The first kappa shape index (κ1) is 23.7. The molecule has 1 fully saturated rings. The zero-order valence-corrected chi connectivity index (χ0v) is 19.5. The first-order valence-electron chi connectivity index (χ1n) is 11.3. The number of benzene rings is 3. The molecular weight excluding hydrogens is 477 g/mol. The van der Waals surface area contributed by atoms with Gasteiger partial charge in [-0.15, -0.1) is 4.31 Å². The summed E-state index contributed by atoms with van der Waals surface area (Å²) < 4.78 is 67.2. The minimum absolute atomic E-state index is 0.0468. The van der Waals surface area contributed by atoms with Gasteiger partial charge in [0, 0.05) is 24.8 Å². The van der Waals surface area contributed by atoms with Crippen molar-refractivity contribution in [3.05, 3.63) is 95.6 Å². The van der Waals surface area contributed by atoms with Gasteiger partial charge in [0.1, 0.15) is 0 Å². The first-order valence-corrected chi connectivity index (χ1v) is 12.7. The molecule has 3 aromatic rings. The molecule has 2 aliphatic heterocycles. The Morgan fingerprint density at radius 2 is 1.69 bits per heavy atom. The predicted molar refractivity (Wildman–Crippen MR) is 125 cm³/mol. The van der Waals surface area contributed by atoms with Gasteiger partial charge in [-0.2, -0.15) is 13.2 Å². The van der Waals surface area contributed by atoms with E-state index in [1.54, 1.807) is 4.90 Å². The van der Waals surface area contributed by atoms with Crippen LogP contribution in [0.5, 0.6) is 0 Å². The van der Waals surface area contributed by atoms with Crippen LogP contribution in [0.15, 0.2) is 83.8 Å². The molecule has 0 aromatic heterocycles. The smallest absolute Gasteiger partial charge is 0.416 e. The van der Waals surface area contributed by atoms with Crippen LogP contribution in [-0.4, -0.2) is 34.4 Å². The third-order valence-corrected chi connectivity index (χ3v) is 8.71. The van der Waals surface area contributed by atoms with Crippen LogP contribution in [0.25, 0.3) is 0 Å². The summed E-state index contributed by atoms with van der Waals surface area (Å²) >= 11 is 0. The van der Waals surface area contributed by atoms with Crippen LogP contribution < -0.4 is 4.90 Å². The normalized spacial score (nSPS) is 21.9. The molecule has 182 valence electrons. The van der Waals surface area contributed by atoms with Crippen LogP contribution in [0.4, 0.5) is 18.9 Å². The fraction of sp³-hybridized carbons (Fsp3) is 0.269. The maximum Gasteiger partial charge on any atom is 0.416 e. The lowest BCUT2D eigenvalue weighted by Gasteiger charge is -2.27. The van der Waals surface area contributed by atoms with Gasteiger partial charge < -0.3 is 9.45 Å². The molecule has 2 atom stereocenters. The molecule has 9 heteroatoms. The predicted octanol–water partition coefficient (Wildman–Crippen LogP) is 4.84. The van der Waals surface area contributed by atoms with E-state index in [-0.39, 0.29) is 25.4 Å². The average molecular weight is 501 g/mol. The summed E-state index contributed by atoms with van der Waals surface area (Å²) in [4.78, 5) is 15.0. The molecule has 2 heterocycles. The topological polar surface area (TPSA) is 63.7 Å². The standard InChI is InChI=1S/C26H23F3N2O3S/c27-26(28,29)20-9-6-10-21(17-20)35(33,34)30-16-14-25(18-30)22-11-4-5-12-23(22)31(24(25)32)15-13-19-7-2-1-3-8-19/h1-12,17H,13-16,18H2. The Bertz CT molecular complexity index is 1310. The molecule has 0 bridgehead atoms. The zero-order chi connectivity index (χ0) is 24.8. The fourth-order valence-electron chi connectivity index (χ4n) is 5.06.